The third-order valence-electron chi connectivity index (χ3n) is 7.77. The fraction of sp³-hybridized carbons (Fsp3) is 0.258. The predicted octanol–water partition coefficient (Wildman–Crippen LogP) is 5.71. The number of hydrazine groups is 1. The van der Waals surface area contributed by atoms with Gasteiger partial charge >= 0.3 is 0 Å². The highest BCUT2D eigenvalue weighted by Gasteiger charge is 2.34. The molecule has 0 amide bonds. The average Bonchev–Trinajstić information content (AvgIpc) is 3.55. The van der Waals surface area contributed by atoms with Gasteiger partial charge in [-0.2, -0.15) is 4.39 Å². The van der Waals surface area contributed by atoms with Gasteiger partial charge < -0.3 is 25.4 Å². The van der Waals surface area contributed by atoms with Gasteiger partial charge in [0.05, 0.1) is 17.4 Å². The van der Waals surface area contributed by atoms with E-state index in [1.165, 1.54) is 6.07 Å². The van der Waals surface area contributed by atoms with E-state index in [0.717, 1.165) is 28.7 Å². The zero-order valence-corrected chi connectivity index (χ0v) is 24.7. The predicted molar refractivity (Wildman–Crippen MR) is 165 cm³/mol. The van der Waals surface area contributed by atoms with Crippen molar-refractivity contribution in [2.24, 2.45) is 11.6 Å². The first-order valence-electron chi connectivity index (χ1n) is 13.9. The number of nitrogens with zero attached hydrogens (tertiary/aromatic N) is 3. The minimum Gasteiger partial charge on any atom is -0.396 e. The number of alkyl halides is 2. The number of pyridine rings is 1. The Labute approximate surface area is 256 Å². The lowest BCUT2D eigenvalue weighted by molar-refractivity contribution is -0.107. The fourth-order valence-electron chi connectivity index (χ4n) is 5.65. The second kappa shape index (κ2) is 12.6. The summed E-state index contributed by atoms with van der Waals surface area (Å²) in [5, 5.41) is 4.40. The summed E-state index contributed by atoms with van der Waals surface area (Å²) in [6, 6.07) is 12.7. The van der Waals surface area contributed by atoms with Crippen LogP contribution in [0.5, 0.6) is 0 Å². The summed E-state index contributed by atoms with van der Waals surface area (Å²) < 4.78 is 42.9. The third-order valence-corrected chi connectivity index (χ3v) is 8.00. The Morgan fingerprint density at radius 2 is 2.00 bits per heavy atom. The van der Waals surface area contributed by atoms with Crippen LogP contribution < -0.4 is 27.5 Å². The molecule has 0 saturated heterocycles. The quantitative estimate of drug-likeness (QED) is 0.101. The van der Waals surface area contributed by atoms with Crippen molar-refractivity contribution in [2.45, 2.75) is 44.6 Å². The zero-order valence-electron chi connectivity index (χ0n) is 24.0. The number of halogens is 4. The Hall–Kier alpha value is -4.55. The van der Waals surface area contributed by atoms with Gasteiger partial charge in [-0.3, -0.25) is 9.80 Å². The van der Waals surface area contributed by atoms with Crippen LogP contribution in [0.4, 0.5) is 24.5 Å². The molecule has 2 aromatic carbocycles. The number of imidazole rings is 1. The highest BCUT2D eigenvalue weighted by atomic mass is 35.5. The van der Waals surface area contributed by atoms with Crippen molar-refractivity contribution in [2.75, 3.05) is 17.4 Å². The van der Waals surface area contributed by atoms with E-state index in [0.29, 0.717) is 58.2 Å². The number of aldehydes is 1. The molecule has 2 aromatic heterocycles. The van der Waals surface area contributed by atoms with Crippen LogP contribution in [0.1, 0.15) is 48.8 Å². The number of nitrogens with one attached hydrogen (secondary N) is 2. The Kier molecular flexibility index (Phi) is 8.84. The van der Waals surface area contributed by atoms with E-state index in [9.17, 15) is 18.4 Å². The number of rotatable bonds is 10. The summed E-state index contributed by atoms with van der Waals surface area (Å²) in [7, 11) is 1.77. The van der Waals surface area contributed by atoms with E-state index >= 15 is 4.39 Å². The maximum absolute atomic E-state index is 15.3. The summed E-state index contributed by atoms with van der Waals surface area (Å²) in [6.45, 7) is 1.95. The number of hydrogen-bond acceptors (Lipinski definition) is 7. The average molecular weight is 626 g/mol. The lowest BCUT2D eigenvalue weighted by atomic mass is 9.99. The van der Waals surface area contributed by atoms with Gasteiger partial charge in [0.15, 0.2) is 0 Å². The molecule has 0 saturated carbocycles. The van der Waals surface area contributed by atoms with Gasteiger partial charge in [-0.25, -0.2) is 19.6 Å². The van der Waals surface area contributed by atoms with E-state index in [1.807, 2.05) is 25.1 Å². The van der Waals surface area contributed by atoms with Gasteiger partial charge in [-0.05, 0) is 66.3 Å². The van der Waals surface area contributed by atoms with Gasteiger partial charge in [0, 0.05) is 53.3 Å². The first-order chi connectivity index (χ1) is 21.0. The Morgan fingerprint density at radius 3 is 2.70 bits per heavy atom. The summed E-state index contributed by atoms with van der Waals surface area (Å²) in [6.07, 6.45) is 0.153. The largest absolute Gasteiger partial charge is 0.396 e. The van der Waals surface area contributed by atoms with Crippen LogP contribution in [0.25, 0.3) is 22.4 Å². The maximum Gasteiger partial charge on any atom is 0.279 e. The molecule has 1 unspecified atom stereocenters. The number of benzene rings is 2. The van der Waals surface area contributed by atoms with Crippen LogP contribution in [0, 0.1) is 5.95 Å². The van der Waals surface area contributed by atoms with E-state index in [2.05, 4.69) is 15.3 Å². The third kappa shape index (κ3) is 5.95. The van der Waals surface area contributed by atoms with Crippen molar-refractivity contribution in [1.29, 1.82) is 0 Å². The summed E-state index contributed by atoms with van der Waals surface area (Å²) >= 11 is 6.27. The molecule has 44 heavy (non-hydrogen) atoms. The minimum atomic E-state index is -2.90. The van der Waals surface area contributed by atoms with Crippen molar-refractivity contribution < 1.29 is 18.0 Å². The Balaban J connectivity index is 1.53. The van der Waals surface area contributed by atoms with Gasteiger partial charge in [0.25, 0.3) is 12.0 Å². The molecule has 5 rings (SSSR count). The number of anilines is 2. The van der Waals surface area contributed by atoms with Crippen molar-refractivity contribution >= 4 is 29.3 Å². The number of fused-ring (bicyclic) bond motifs is 1. The fourth-order valence-corrected chi connectivity index (χ4v) is 5.82. The molecule has 13 heteroatoms. The molecule has 4 aromatic rings. The highest BCUT2D eigenvalue weighted by Crippen LogP contribution is 2.41. The molecule has 0 aliphatic carbocycles. The van der Waals surface area contributed by atoms with Crippen LogP contribution in [0.15, 0.2) is 65.2 Å². The number of H-pyrrole nitrogens is 1. The van der Waals surface area contributed by atoms with Gasteiger partial charge in [-0.15, -0.1) is 0 Å². The zero-order chi connectivity index (χ0) is 31.7. The molecule has 0 bridgehead atoms. The van der Waals surface area contributed by atoms with Crippen molar-refractivity contribution in [3.63, 3.8) is 0 Å². The lowest BCUT2D eigenvalue weighted by Gasteiger charge is -2.20. The summed E-state index contributed by atoms with van der Waals surface area (Å²) in [4.78, 5) is 31.8. The molecule has 9 nitrogen and oxygen atoms in total. The molecular weight excluding hydrogens is 595 g/mol. The first-order valence-corrected chi connectivity index (χ1v) is 14.3. The van der Waals surface area contributed by atoms with Crippen LogP contribution in [-0.4, -0.2) is 34.3 Å². The van der Waals surface area contributed by atoms with Crippen LogP contribution >= 0.6 is 11.6 Å². The topological polar surface area (TPSA) is 135 Å². The lowest BCUT2D eigenvalue weighted by Crippen LogP contribution is -2.28. The second-order valence-corrected chi connectivity index (χ2v) is 11.1. The van der Waals surface area contributed by atoms with E-state index in [4.69, 9.17) is 23.2 Å². The molecule has 6 N–H and O–H groups in total. The summed E-state index contributed by atoms with van der Waals surface area (Å²) in [5.41, 5.74) is 8.68. The number of carbonyl (C=O) groups excluding carboxylic acids is 1. The Morgan fingerprint density at radius 1 is 1.23 bits per heavy atom. The highest BCUT2D eigenvalue weighted by molar-refractivity contribution is 6.31. The SMILES string of the molecule is CNc1ccc(-c2[nH]c(C3C[C@@H](C)c4cc(-c5cc(Cl)ccc5N(N)/C=C(\N)C(F)F)cc(=O)n43)nc2F)cc1CCC=O. The molecule has 3 heterocycles. The smallest absolute Gasteiger partial charge is 0.279 e. The number of aryl methyl sites for hydroxylation is 1. The minimum absolute atomic E-state index is 0.111. The molecule has 0 radical (unpaired) electrons. The van der Waals surface area contributed by atoms with Gasteiger partial charge in [-0.1, -0.05) is 24.6 Å². The molecule has 1 aliphatic rings. The first kappa shape index (κ1) is 30.9. The standard InChI is InChI=1S/C31H31ClF3N7O2/c1-16-10-26(31-39-28(30(35)40-31)18-5-7-23(38-2)17(11-18)4-3-9-43)42-25(16)12-19(13-27(42)44)21-14-20(32)6-8-24(21)41(37)15-22(36)29(33)34/h5-9,11-16,26,29,38H,3-4,10,36-37H2,1-2H3,(H,39,40)/b22-15-/t16-,26?/m1/s1. The monoisotopic (exact) mass is 625 g/mol. The molecular formula is C31H31ClF3N7O2. The van der Waals surface area contributed by atoms with E-state index in [-0.39, 0.29) is 17.2 Å². The normalized spacial score (nSPS) is 16.3. The van der Waals surface area contributed by atoms with Crippen molar-refractivity contribution in [1.82, 2.24) is 14.5 Å². The molecule has 2 atom stereocenters. The number of aromatic nitrogens is 3. The van der Waals surface area contributed by atoms with Gasteiger partial charge in [0.2, 0.25) is 5.95 Å². The molecule has 0 fully saturated rings. The van der Waals surface area contributed by atoms with Gasteiger partial charge in [0.1, 0.15) is 17.8 Å². The number of aromatic amines is 1. The Bertz CT molecular complexity index is 1800. The van der Waals surface area contributed by atoms with Crippen LogP contribution in [-0.2, 0) is 11.2 Å². The second-order valence-electron chi connectivity index (χ2n) is 10.6. The number of hydrogen-bond donors (Lipinski definition) is 4. The number of nitrogens with two attached hydrogens (primary N) is 2. The number of carbonyl (C=O) groups is 1. The summed E-state index contributed by atoms with van der Waals surface area (Å²) in [5.74, 6) is 5.55. The van der Waals surface area contributed by atoms with Crippen molar-refractivity contribution in [3.05, 3.63) is 98.8 Å². The van der Waals surface area contributed by atoms with Crippen LogP contribution in [0.2, 0.25) is 5.02 Å². The van der Waals surface area contributed by atoms with Crippen LogP contribution in [0.3, 0.4) is 0 Å². The molecule has 230 valence electrons. The van der Waals surface area contributed by atoms with Crippen molar-refractivity contribution in [3.8, 4) is 22.4 Å². The maximum atomic E-state index is 15.3. The molecule has 1 aliphatic heterocycles. The van der Waals surface area contributed by atoms with E-state index < -0.39 is 24.1 Å². The van der Waals surface area contributed by atoms with E-state index in [1.54, 1.807) is 35.9 Å². The number of allylic oxidation sites excluding steroid dienone is 1. The molecule has 0 spiro atoms.